The van der Waals surface area contributed by atoms with Crippen molar-refractivity contribution in [3.8, 4) is 5.75 Å². The Morgan fingerprint density at radius 2 is 1.91 bits per heavy atom. The van der Waals surface area contributed by atoms with Crippen LogP contribution in [0.5, 0.6) is 5.75 Å². The fourth-order valence-corrected chi connectivity index (χ4v) is 2.78. The molecule has 1 atom stereocenters. The molecule has 1 amide bonds. The van der Waals surface area contributed by atoms with Crippen LogP contribution in [0.1, 0.15) is 28.4 Å². The third kappa shape index (κ3) is 3.71. The third-order valence-corrected chi connectivity index (χ3v) is 3.96. The lowest BCUT2D eigenvalue weighted by Crippen LogP contribution is -2.36. The minimum atomic E-state index is -0.128. The molecule has 0 radical (unpaired) electrons. The van der Waals surface area contributed by atoms with Gasteiger partial charge in [-0.1, -0.05) is 36.4 Å². The minimum Gasteiger partial charge on any atom is -0.493 e. The molecule has 0 spiro atoms. The van der Waals surface area contributed by atoms with E-state index in [-0.39, 0.29) is 12.0 Å². The van der Waals surface area contributed by atoms with E-state index in [4.69, 9.17) is 9.47 Å². The molecule has 1 unspecified atom stereocenters. The van der Waals surface area contributed by atoms with Crippen molar-refractivity contribution >= 4 is 5.91 Å². The molecule has 1 aliphatic rings. The maximum atomic E-state index is 12.4. The Bertz CT molecular complexity index is 684. The smallest absolute Gasteiger partial charge is 0.255 e. The second-order valence-corrected chi connectivity index (χ2v) is 5.55. The average molecular weight is 311 g/mol. The van der Waals surface area contributed by atoms with Crippen molar-refractivity contribution in [1.82, 2.24) is 5.32 Å². The molecule has 1 aliphatic heterocycles. The lowest BCUT2D eigenvalue weighted by molar-refractivity contribution is 0.0284. The lowest BCUT2D eigenvalue weighted by atomic mass is 9.99. The van der Waals surface area contributed by atoms with Crippen LogP contribution in [0.25, 0.3) is 0 Å². The summed E-state index contributed by atoms with van der Waals surface area (Å²) in [4.78, 5) is 12.4. The van der Waals surface area contributed by atoms with Gasteiger partial charge in [-0.3, -0.25) is 4.79 Å². The predicted octanol–water partition coefficient (Wildman–Crippen LogP) is 2.96. The number of carbonyl (C=O) groups excluding carboxylic acids is 1. The Morgan fingerprint density at radius 1 is 1.17 bits per heavy atom. The summed E-state index contributed by atoms with van der Waals surface area (Å²) in [5.41, 5.74) is 3.09. The Labute approximate surface area is 136 Å². The van der Waals surface area contributed by atoms with Gasteiger partial charge in [-0.2, -0.15) is 0 Å². The monoisotopic (exact) mass is 311 g/mol. The van der Waals surface area contributed by atoms with E-state index in [1.165, 1.54) is 11.1 Å². The molecule has 120 valence electrons. The van der Waals surface area contributed by atoms with Crippen LogP contribution in [0, 0.1) is 0 Å². The van der Waals surface area contributed by atoms with Crippen LogP contribution in [-0.2, 0) is 17.8 Å². The van der Waals surface area contributed by atoms with E-state index in [2.05, 4.69) is 17.4 Å². The molecule has 0 aromatic heterocycles. The van der Waals surface area contributed by atoms with Crippen LogP contribution in [0.4, 0.5) is 0 Å². The average Bonchev–Trinajstić information content (AvgIpc) is 2.60. The Balaban J connectivity index is 1.60. The topological polar surface area (TPSA) is 47.6 Å². The van der Waals surface area contributed by atoms with Crippen LogP contribution in [-0.4, -0.2) is 25.2 Å². The van der Waals surface area contributed by atoms with Crippen LogP contribution >= 0.6 is 0 Å². The van der Waals surface area contributed by atoms with E-state index in [0.29, 0.717) is 31.1 Å². The molecular weight excluding hydrogens is 290 g/mol. The SMILES string of the molecule is CCOc1ccccc1C(=O)NCC1Cc2ccccc2CO1. The number of carbonyl (C=O) groups is 1. The summed E-state index contributed by atoms with van der Waals surface area (Å²) in [7, 11) is 0. The molecule has 2 aromatic carbocycles. The van der Waals surface area contributed by atoms with Crippen molar-refractivity contribution in [2.75, 3.05) is 13.2 Å². The second-order valence-electron chi connectivity index (χ2n) is 5.55. The summed E-state index contributed by atoms with van der Waals surface area (Å²) in [6.45, 7) is 3.54. The summed E-state index contributed by atoms with van der Waals surface area (Å²) in [6, 6.07) is 15.6. The maximum absolute atomic E-state index is 12.4. The maximum Gasteiger partial charge on any atom is 0.255 e. The van der Waals surface area contributed by atoms with E-state index < -0.39 is 0 Å². The van der Waals surface area contributed by atoms with Crippen molar-refractivity contribution in [3.05, 3.63) is 65.2 Å². The highest BCUT2D eigenvalue weighted by Gasteiger charge is 2.20. The molecule has 1 N–H and O–H groups in total. The zero-order valence-corrected chi connectivity index (χ0v) is 13.2. The van der Waals surface area contributed by atoms with Gasteiger partial charge in [0.05, 0.1) is 24.9 Å². The van der Waals surface area contributed by atoms with Crippen molar-refractivity contribution in [1.29, 1.82) is 0 Å². The highest BCUT2D eigenvalue weighted by Crippen LogP contribution is 2.21. The van der Waals surface area contributed by atoms with Gasteiger partial charge in [0.25, 0.3) is 5.91 Å². The Kier molecular flexibility index (Phi) is 4.93. The van der Waals surface area contributed by atoms with Gasteiger partial charge in [-0.25, -0.2) is 0 Å². The van der Waals surface area contributed by atoms with Crippen molar-refractivity contribution in [2.45, 2.75) is 26.1 Å². The number of benzene rings is 2. The molecule has 0 saturated heterocycles. The highest BCUT2D eigenvalue weighted by molar-refractivity contribution is 5.96. The molecular formula is C19H21NO3. The van der Waals surface area contributed by atoms with E-state index in [0.717, 1.165) is 6.42 Å². The van der Waals surface area contributed by atoms with E-state index in [1.807, 2.05) is 37.3 Å². The number of hydrogen-bond acceptors (Lipinski definition) is 3. The first-order valence-electron chi connectivity index (χ1n) is 7.96. The summed E-state index contributed by atoms with van der Waals surface area (Å²) >= 11 is 0. The summed E-state index contributed by atoms with van der Waals surface area (Å²) in [5.74, 6) is 0.485. The molecule has 23 heavy (non-hydrogen) atoms. The standard InChI is InChI=1S/C19H21NO3/c1-2-22-18-10-6-5-9-17(18)19(21)20-12-16-11-14-7-3-4-8-15(14)13-23-16/h3-10,16H,2,11-13H2,1H3,(H,20,21). The molecule has 0 saturated carbocycles. The van der Waals surface area contributed by atoms with Gasteiger partial charge >= 0.3 is 0 Å². The van der Waals surface area contributed by atoms with Crippen molar-refractivity contribution in [2.24, 2.45) is 0 Å². The van der Waals surface area contributed by atoms with Gasteiger partial charge in [0, 0.05) is 13.0 Å². The van der Waals surface area contributed by atoms with E-state index in [9.17, 15) is 4.79 Å². The zero-order valence-electron chi connectivity index (χ0n) is 13.2. The normalized spacial score (nSPS) is 16.5. The summed E-state index contributed by atoms with van der Waals surface area (Å²) in [6.07, 6.45) is 0.830. The number of para-hydroxylation sites is 1. The number of fused-ring (bicyclic) bond motifs is 1. The first kappa shape index (κ1) is 15.6. The lowest BCUT2D eigenvalue weighted by Gasteiger charge is -2.25. The van der Waals surface area contributed by atoms with E-state index >= 15 is 0 Å². The van der Waals surface area contributed by atoms with Crippen LogP contribution in [0.3, 0.4) is 0 Å². The van der Waals surface area contributed by atoms with Crippen LogP contribution in [0.15, 0.2) is 48.5 Å². The Morgan fingerprint density at radius 3 is 2.74 bits per heavy atom. The molecule has 2 aromatic rings. The quantitative estimate of drug-likeness (QED) is 0.923. The second kappa shape index (κ2) is 7.29. The van der Waals surface area contributed by atoms with Gasteiger partial charge in [-0.15, -0.1) is 0 Å². The number of amides is 1. The minimum absolute atomic E-state index is 0.00751. The van der Waals surface area contributed by atoms with Gasteiger partial charge in [0.1, 0.15) is 5.75 Å². The van der Waals surface area contributed by atoms with Gasteiger partial charge in [0.2, 0.25) is 0 Å². The zero-order chi connectivity index (χ0) is 16.1. The van der Waals surface area contributed by atoms with Crippen LogP contribution in [0.2, 0.25) is 0 Å². The number of ether oxygens (including phenoxy) is 2. The molecule has 0 bridgehead atoms. The number of nitrogens with one attached hydrogen (secondary N) is 1. The molecule has 1 heterocycles. The fraction of sp³-hybridized carbons (Fsp3) is 0.316. The van der Waals surface area contributed by atoms with Crippen molar-refractivity contribution in [3.63, 3.8) is 0 Å². The molecule has 3 rings (SSSR count). The molecule has 0 fully saturated rings. The predicted molar refractivity (Wildman–Crippen MR) is 88.7 cm³/mol. The number of rotatable bonds is 5. The third-order valence-electron chi connectivity index (χ3n) is 3.96. The highest BCUT2D eigenvalue weighted by atomic mass is 16.5. The van der Waals surface area contributed by atoms with E-state index in [1.54, 1.807) is 6.07 Å². The Hall–Kier alpha value is -2.33. The first-order chi connectivity index (χ1) is 11.3. The summed E-state index contributed by atoms with van der Waals surface area (Å²) < 4.78 is 11.3. The molecule has 4 nitrogen and oxygen atoms in total. The number of hydrogen-bond donors (Lipinski definition) is 1. The fourth-order valence-electron chi connectivity index (χ4n) is 2.78. The largest absolute Gasteiger partial charge is 0.493 e. The first-order valence-corrected chi connectivity index (χ1v) is 7.96. The summed E-state index contributed by atoms with van der Waals surface area (Å²) in [5, 5.41) is 2.95. The molecule has 4 heteroatoms. The van der Waals surface area contributed by atoms with Crippen LogP contribution < -0.4 is 10.1 Å². The van der Waals surface area contributed by atoms with Gasteiger partial charge < -0.3 is 14.8 Å². The van der Waals surface area contributed by atoms with Gasteiger partial charge in [-0.05, 0) is 30.2 Å². The van der Waals surface area contributed by atoms with Crippen molar-refractivity contribution < 1.29 is 14.3 Å². The van der Waals surface area contributed by atoms with Gasteiger partial charge in [0.15, 0.2) is 0 Å². The molecule has 0 aliphatic carbocycles.